The van der Waals surface area contributed by atoms with Crippen LogP contribution in [-0.2, 0) is 4.74 Å². The van der Waals surface area contributed by atoms with Gasteiger partial charge < -0.3 is 35.7 Å². The van der Waals surface area contributed by atoms with E-state index in [1.807, 2.05) is 6.07 Å². The minimum absolute atomic E-state index is 0.00810. The second-order valence-corrected chi connectivity index (χ2v) is 8.22. The third-order valence-corrected chi connectivity index (χ3v) is 4.73. The summed E-state index contributed by atoms with van der Waals surface area (Å²) in [5.41, 5.74) is 12.3. The molecule has 182 valence electrons. The molecule has 1 unspecified atom stereocenters. The minimum Gasteiger partial charge on any atom is -0.493 e. The van der Waals surface area contributed by atoms with Crippen molar-refractivity contribution in [3.63, 3.8) is 0 Å². The van der Waals surface area contributed by atoms with E-state index in [-0.39, 0.29) is 46.1 Å². The minimum atomic E-state index is -0.949. The van der Waals surface area contributed by atoms with Gasteiger partial charge in [-0.1, -0.05) is 0 Å². The van der Waals surface area contributed by atoms with Crippen LogP contribution >= 0.6 is 0 Å². The lowest BCUT2D eigenvalue weighted by Crippen LogP contribution is -2.32. The number of nitrogens with one attached hydrogen (secondary N) is 2. The number of methoxy groups -OCH3 is 2. The molecule has 1 aromatic heterocycles. The number of carbonyl (C=O) groups excluding carboxylic acids is 1. The van der Waals surface area contributed by atoms with E-state index in [1.165, 1.54) is 14.2 Å². The average Bonchev–Trinajstić information content (AvgIpc) is 2.77. The second-order valence-electron chi connectivity index (χ2n) is 8.22. The summed E-state index contributed by atoms with van der Waals surface area (Å²) < 4.78 is 21.5. The summed E-state index contributed by atoms with van der Waals surface area (Å²) in [4.78, 5) is 21.0. The summed E-state index contributed by atoms with van der Waals surface area (Å²) >= 11 is 0. The molecule has 0 spiro atoms. The number of hydrogen-bond donors (Lipinski definition) is 4. The fraction of sp³-hybridized carbons (Fsp3) is 0.318. The standard InChI is InChI=1S/C22H24N8O5/c1-22(2,3)35-21(31)34-17-12(32-4)6-10(7-13(17)33-5)16-14-15(25)11(8-23)18(26)29-19(14)30-20(28-16)27-9-24/h6-7,16H,1-5H3,(H6,25,26,27,28,29,30). The van der Waals surface area contributed by atoms with E-state index < -0.39 is 17.8 Å². The molecule has 0 aliphatic carbocycles. The molecule has 1 aliphatic heterocycles. The fourth-order valence-corrected chi connectivity index (χ4v) is 3.33. The first-order valence-corrected chi connectivity index (χ1v) is 10.2. The van der Waals surface area contributed by atoms with E-state index >= 15 is 0 Å². The molecule has 0 saturated heterocycles. The van der Waals surface area contributed by atoms with Gasteiger partial charge in [-0.2, -0.15) is 10.5 Å². The van der Waals surface area contributed by atoms with Crippen LogP contribution in [0, 0.1) is 22.8 Å². The number of nitriles is 2. The van der Waals surface area contributed by atoms with Crippen molar-refractivity contribution in [2.75, 3.05) is 31.0 Å². The highest BCUT2D eigenvalue weighted by atomic mass is 16.7. The Morgan fingerprint density at radius 1 is 1.17 bits per heavy atom. The molecule has 0 bridgehead atoms. The van der Waals surface area contributed by atoms with E-state index in [1.54, 1.807) is 39.1 Å². The third-order valence-electron chi connectivity index (χ3n) is 4.73. The van der Waals surface area contributed by atoms with Gasteiger partial charge in [0, 0.05) is 5.56 Å². The van der Waals surface area contributed by atoms with Gasteiger partial charge in [0.2, 0.25) is 11.7 Å². The van der Waals surface area contributed by atoms with Crippen molar-refractivity contribution >= 4 is 29.4 Å². The Labute approximate surface area is 201 Å². The lowest BCUT2D eigenvalue weighted by molar-refractivity contribution is 0.0195. The third kappa shape index (κ3) is 5.04. The molecule has 0 saturated carbocycles. The lowest BCUT2D eigenvalue weighted by Gasteiger charge is -2.27. The average molecular weight is 480 g/mol. The van der Waals surface area contributed by atoms with Gasteiger partial charge in [0.05, 0.1) is 19.9 Å². The first-order chi connectivity index (χ1) is 16.5. The number of fused-ring (bicyclic) bond motifs is 1. The van der Waals surface area contributed by atoms with Crippen molar-refractivity contribution in [1.29, 1.82) is 10.5 Å². The van der Waals surface area contributed by atoms with Crippen LogP contribution in [0.25, 0.3) is 0 Å². The molecule has 13 heteroatoms. The number of aliphatic imine (C=N–C) groups is 1. The number of hydrogen-bond acceptors (Lipinski definition) is 13. The number of nitrogens with zero attached hydrogens (tertiary/aromatic N) is 4. The summed E-state index contributed by atoms with van der Waals surface area (Å²) in [6, 6.07) is 4.18. The smallest absolute Gasteiger partial charge is 0.493 e. The molecule has 0 amide bonds. The van der Waals surface area contributed by atoms with Crippen LogP contribution in [-0.4, -0.2) is 36.9 Å². The number of nitrogens with two attached hydrogens (primary N) is 2. The van der Waals surface area contributed by atoms with E-state index in [2.05, 4.69) is 20.6 Å². The predicted octanol–water partition coefficient (Wildman–Crippen LogP) is 2.39. The molecule has 3 rings (SSSR count). The van der Waals surface area contributed by atoms with Crippen molar-refractivity contribution in [3.8, 4) is 29.5 Å². The summed E-state index contributed by atoms with van der Waals surface area (Å²) in [5, 5.41) is 23.8. The molecule has 1 aliphatic rings. The maximum absolute atomic E-state index is 12.3. The van der Waals surface area contributed by atoms with Crippen molar-refractivity contribution in [3.05, 3.63) is 28.8 Å². The summed E-state index contributed by atoms with van der Waals surface area (Å²) in [5.74, 6) is 0.472. The van der Waals surface area contributed by atoms with Crippen LogP contribution in [0.5, 0.6) is 17.2 Å². The fourth-order valence-electron chi connectivity index (χ4n) is 3.33. The van der Waals surface area contributed by atoms with Crippen LogP contribution in [0.3, 0.4) is 0 Å². The van der Waals surface area contributed by atoms with Crippen LogP contribution < -0.4 is 36.3 Å². The van der Waals surface area contributed by atoms with Gasteiger partial charge in [-0.25, -0.2) is 14.8 Å². The largest absolute Gasteiger partial charge is 0.514 e. The zero-order valence-electron chi connectivity index (χ0n) is 19.7. The van der Waals surface area contributed by atoms with Crippen molar-refractivity contribution in [1.82, 2.24) is 10.3 Å². The second kappa shape index (κ2) is 9.52. The highest BCUT2D eigenvalue weighted by molar-refractivity contribution is 5.98. The first kappa shape index (κ1) is 24.7. The molecule has 13 nitrogen and oxygen atoms in total. The molecular weight excluding hydrogens is 456 g/mol. The number of carbonyl (C=O) groups is 1. The Bertz CT molecular complexity index is 1260. The maximum atomic E-state index is 12.3. The zero-order chi connectivity index (χ0) is 25.9. The highest BCUT2D eigenvalue weighted by Crippen LogP contribution is 2.46. The Kier molecular flexibility index (Phi) is 6.73. The number of anilines is 3. The van der Waals surface area contributed by atoms with E-state index in [4.69, 9.17) is 35.7 Å². The van der Waals surface area contributed by atoms with Gasteiger partial charge in [-0.3, -0.25) is 5.32 Å². The van der Waals surface area contributed by atoms with Crippen molar-refractivity contribution < 1.29 is 23.7 Å². The van der Waals surface area contributed by atoms with Crippen molar-refractivity contribution in [2.45, 2.75) is 32.4 Å². The number of aromatic nitrogens is 1. The zero-order valence-corrected chi connectivity index (χ0v) is 19.7. The highest BCUT2D eigenvalue weighted by Gasteiger charge is 2.32. The summed E-state index contributed by atoms with van der Waals surface area (Å²) in [6.07, 6.45) is 0.831. The lowest BCUT2D eigenvalue weighted by atomic mass is 9.94. The topological polar surface area (TPSA) is 203 Å². The molecule has 6 N–H and O–H groups in total. The van der Waals surface area contributed by atoms with Gasteiger partial charge in [0.15, 0.2) is 17.7 Å². The molecule has 1 aromatic carbocycles. The van der Waals surface area contributed by atoms with Gasteiger partial charge >= 0.3 is 6.16 Å². The number of guanidine groups is 1. The first-order valence-electron chi connectivity index (χ1n) is 10.2. The normalized spacial score (nSPS) is 14.3. The number of rotatable bonds is 4. The number of ether oxygens (including phenoxy) is 4. The molecule has 1 atom stereocenters. The summed E-state index contributed by atoms with van der Waals surface area (Å²) in [6.45, 7) is 5.10. The Morgan fingerprint density at radius 3 is 2.31 bits per heavy atom. The quantitative estimate of drug-likeness (QED) is 0.215. The van der Waals surface area contributed by atoms with Gasteiger partial charge in [0.1, 0.15) is 34.9 Å². The van der Waals surface area contributed by atoms with E-state index in [0.29, 0.717) is 11.1 Å². The molecule has 0 fully saturated rings. The van der Waals surface area contributed by atoms with Gasteiger partial charge in [-0.05, 0) is 38.5 Å². The van der Waals surface area contributed by atoms with Gasteiger partial charge in [0.25, 0.3) is 0 Å². The molecule has 2 aromatic rings. The molecular formula is C22H24N8O5. The van der Waals surface area contributed by atoms with Gasteiger partial charge in [-0.15, -0.1) is 0 Å². The summed E-state index contributed by atoms with van der Waals surface area (Å²) in [7, 11) is 2.76. The van der Waals surface area contributed by atoms with Crippen LogP contribution in [0.4, 0.5) is 22.1 Å². The predicted molar refractivity (Wildman–Crippen MR) is 126 cm³/mol. The number of nitrogen functional groups attached to an aromatic ring is 2. The van der Waals surface area contributed by atoms with Crippen LogP contribution in [0.1, 0.15) is 43.5 Å². The van der Waals surface area contributed by atoms with Crippen LogP contribution in [0.15, 0.2) is 17.1 Å². The maximum Gasteiger partial charge on any atom is 0.514 e. The Balaban J connectivity index is 2.18. The molecule has 0 radical (unpaired) electrons. The van der Waals surface area contributed by atoms with E-state index in [9.17, 15) is 10.1 Å². The number of pyridine rings is 1. The SMILES string of the molecule is COc1cc(C2N=C(NC#N)Nc3nc(N)c(C#N)c(N)c32)cc(OC)c1OC(=O)OC(C)(C)C. The molecule has 35 heavy (non-hydrogen) atoms. The van der Waals surface area contributed by atoms with Crippen molar-refractivity contribution in [2.24, 2.45) is 4.99 Å². The number of benzene rings is 1. The molecule has 2 heterocycles. The van der Waals surface area contributed by atoms with E-state index in [0.717, 1.165) is 0 Å². The Hall–Kier alpha value is -4.91. The van der Waals surface area contributed by atoms with Crippen LogP contribution in [0.2, 0.25) is 0 Å². The monoisotopic (exact) mass is 480 g/mol. The Morgan fingerprint density at radius 2 is 1.80 bits per heavy atom.